The van der Waals surface area contributed by atoms with Crippen molar-refractivity contribution in [2.24, 2.45) is 29.6 Å². The Kier molecular flexibility index (Phi) is 7.56. The molecule has 174 valence electrons. The molecule has 0 amide bonds. The molecule has 3 nitrogen and oxygen atoms in total. The second-order valence-electron chi connectivity index (χ2n) is 10.5. The molecule has 2 aliphatic rings. The second kappa shape index (κ2) is 8.94. The van der Waals surface area contributed by atoms with Crippen LogP contribution in [0.15, 0.2) is 0 Å². The second-order valence-corrected chi connectivity index (χ2v) is 10.5. The van der Waals surface area contributed by atoms with E-state index in [-0.39, 0.29) is 24.2 Å². The van der Waals surface area contributed by atoms with Gasteiger partial charge in [-0.25, -0.2) is 0 Å². The fourth-order valence-corrected chi connectivity index (χ4v) is 5.60. The van der Waals surface area contributed by atoms with Crippen molar-refractivity contribution in [1.29, 1.82) is 5.26 Å². The maximum absolute atomic E-state index is 15.0. The zero-order valence-corrected chi connectivity index (χ0v) is 19.1. The normalized spacial score (nSPS) is 32.6. The number of ether oxygens (including phenoxy) is 2. The van der Waals surface area contributed by atoms with Gasteiger partial charge in [0.25, 0.3) is 0 Å². The Bertz CT molecular complexity index is 629. The number of nitrogens with zero attached hydrogens (tertiary/aromatic N) is 1. The van der Waals surface area contributed by atoms with Gasteiger partial charge in [-0.05, 0) is 84.5 Å². The van der Waals surface area contributed by atoms with Gasteiger partial charge in [0, 0.05) is 12.3 Å². The molecule has 0 bridgehead atoms. The van der Waals surface area contributed by atoms with Crippen molar-refractivity contribution in [2.75, 3.05) is 0 Å². The summed E-state index contributed by atoms with van der Waals surface area (Å²) in [4.78, 5) is 0. The largest absolute Gasteiger partial charge is 0.359 e. The van der Waals surface area contributed by atoms with Gasteiger partial charge >= 0.3 is 12.2 Å². The van der Waals surface area contributed by atoms with Gasteiger partial charge in [0.05, 0.1) is 23.2 Å². The molecule has 0 radical (unpaired) electrons. The van der Waals surface area contributed by atoms with Gasteiger partial charge in [0.2, 0.25) is 0 Å². The van der Waals surface area contributed by atoms with Gasteiger partial charge in [0.15, 0.2) is 0 Å². The van der Waals surface area contributed by atoms with Crippen molar-refractivity contribution in [3.63, 3.8) is 0 Å². The van der Waals surface area contributed by atoms with E-state index in [2.05, 4.69) is 6.07 Å². The Balaban J connectivity index is 2.26. The highest BCUT2D eigenvalue weighted by atomic mass is 19.3. The monoisotopic (exact) mass is 435 g/mol. The molecule has 30 heavy (non-hydrogen) atoms. The van der Waals surface area contributed by atoms with Crippen LogP contribution in [0.5, 0.6) is 0 Å². The Hall–Kier alpha value is -0.870. The summed E-state index contributed by atoms with van der Waals surface area (Å²) in [5, 5.41) is 9.30. The average molecular weight is 436 g/mol. The van der Waals surface area contributed by atoms with Crippen LogP contribution in [-0.2, 0) is 9.47 Å². The maximum atomic E-state index is 15.0. The zero-order valence-electron chi connectivity index (χ0n) is 19.1. The summed E-state index contributed by atoms with van der Waals surface area (Å²) in [5.74, 6) is -1.97. The predicted octanol–water partition coefficient (Wildman–Crippen LogP) is 7.16. The van der Waals surface area contributed by atoms with Crippen LogP contribution in [0.25, 0.3) is 0 Å². The molecule has 2 aliphatic heterocycles. The minimum atomic E-state index is -3.27. The molecule has 2 heterocycles. The number of hydrogen-bond acceptors (Lipinski definition) is 3. The van der Waals surface area contributed by atoms with Gasteiger partial charge in [-0.15, -0.1) is 0 Å². The number of hydrogen-bond donors (Lipinski definition) is 0. The molecular weight excluding hydrogens is 398 g/mol. The zero-order chi connectivity index (χ0) is 23.0. The lowest BCUT2D eigenvalue weighted by molar-refractivity contribution is -0.347. The molecule has 0 aromatic heterocycles. The van der Waals surface area contributed by atoms with E-state index in [0.29, 0.717) is 38.5 Å². The third-order valence-electron chi connectivity index (χ3n) is 7.10. The molecule has 2 rings (SSSR count). The van der Waals surface area contributed by atoms with Crippen LogP contribution in [0, 0.1) is 40.9 Å². The summed E-state index contributed by atoms with van der Waals surface area (Å²) in [6.45, 7) is 10.4. The minimum Gasteiger partial charge on any atom is -0.314 e. The molecule has 0 saturated carbocycles. The molecular formula is C23H37F4NO2. The molecule has 0 spiro atoms. The molecule has 2 saturated heterocycles. The highest BCUT2D eigenvalue weighted by Crippen LogP contribution is 2.51. The van der Waals surface area contributed by atoms with Crippen LogP contribution in [0.2, 0.25) is 0 Å². The standard InChI is InChI=1S/C23H37F4NO2/c1-7-16(18-9-11-22(24,25)30-21(18,5)6)13-17(12-15(2)14-28)19-8-10-20(3,4)29-23(19,26)27/h15-19H,7-13H2,1-6H3. The average Bonchev–Trinajstić information content (AvgIpc) is 2.56. The van der Waals surface area contributed by atoms with Crippen LogP contribution in [0.3, 0.4) is 0 Å². The van der Waals surface area contributed by atoms with Crippen molar-refractivity contribution in [3.05, 3.63) is 0 Å². The smallest absolute Gasteiger partial charge is 0.314 e. The van der Waals surface area contributed by atoms with E-state index < -0.39 is 35.3 Å². The van der Waals surface area contributed by atoms with Gasteiger partial charge in [-0.1, -0.05) is 13.3 Å². The van der Waals surface area contributed by atoms with Crippen molar-refractivity contribution >= 4 is 0 Å². The SMILES string of the molecule is CCC(CC(CC(C)C#N)C1CCC(C)(C)OC1(F)F)C1CCC(F)(F)OC1(C)C. The van der Waals surface area contributed by atoms with E-state index in [0.717, 1.165) is 0 Å². The van der Waals surface area contributed by atoms with Crippen LogP contribution in [-0.4, -0.2) is 23.4 Å². The van der Waals surface area contributed by atoms with E-state index >= 15 is 0 Å². The molecule has 5 unspecified atom stereocenters. The first-order valence-electron chi connectivity index (χ1n) is 11.2. The first-order valence-corrected chi connectivity index (χ1v) is 11.2. The van der Waals surface area contributed by atoms with E-state index in [1.54, 1.807) is 34.6 Å². The Morgan fingerprint density at radius 3 is 2.03 bits per heavy atom. The summed E-state index contributed by atoms with van der Waals surface area (Å²) in [7, 11) is 0. The number of rotatable bonds is 7. The highest BCUT2D eigenvalue weighted by molar-refractivity contribution is 4.95. The predicted molar refractivity (Wildman–Crippen MR) is 107 cm³/mol. The number of nitriles is 1. The fourth-order valence-electron chi connectivity index (χ4n) is 5.60. The third-order valence-corrected chi connectivity index (χ3v) is 7.10. The van der Waals surface area contributed by atoms with Gasteiger partial charge < -0.3 is 9.47 Å². The minimum absolute atomic E-state index is 0.0438. The molecule has 0 aromatic carbocycles. The third kappa shape index (κ3) is 6.09. The van der Waals surface area contributed by atoms with E-state index in [1.165, 1.54) is 0 Å². The van der Waals surface area contributed by atoms with Gasteiger partial charge in [-0.2, -0.15) is 22.8 Å². The lowest BCUT2D eigenvalue weighted by atomic mass is 9.67. The summed E-state index contributed by atoms with van der Waals surface area (Å²) >= 11 is 0. The van der Waals surface area contributed by atoms with E-state index in [4.69, 9.17) is 9.47 Å². The Morgan fingerprint density at radius 2 is 1.53 bits per heavy atom. The van der Waals surface area contributed by atoms with E-state index in [1.807, 2.05) is 6.92 Å². The Morgan fingerprint density at radius 1 is 0.933 bits per heavy atom. The van der Waals surface area contributed by atoms with Crippen molar-refractivity contribution in [1.82, 2.24) is 0 Å². The first-order chi connectivity index (χ1) is 13.6. The van der Waals surface area contributed by atoms with Gasteiger partial charge in [0.1, 0.15) is 0 Å². The van der Waals surface area contributed by atoms with Crippen LogP contribution in [0.4, 0.5) is 17.6 Å². The molecule has 7 heteroatoms. The first kappa shape index (κ1) is 25.4. The fraction of sp³-hybridized carbons (Fsp3) is 0.957. The number of alkyl halides is 4. The maximum Gasteiger partial charge on any atom is 0.359 e. The highest BCUT2D eigenvalue weighted by Gasteiger charge is 2.54. The molecule has 0 aromatic rings. The van der Waals surface area contributed by atoms with Crippen LogP contribution < -0.4 is 0 Å². The molecule has 2 fully saturated rings. The van der Waals surface area contributed by atoms with Crippen LogP contribution >= 0.6 is 0 Å². The van der Waals surface area contributed by atoms with Crippen molar-refractivity contribution in [2.45, 2.75) is 110 Å². The molecule has 5 atom stereocenters. The van der Waals surface area contributed by atoms with Crippen LogP contribution in [0.1, 0.15) is 86.5 Å². The van der Waals surface area contributed by atoms with E-state index in [9.17, 15) is 22.8 Å². The summed E-state index contributed by atoms with van der Waals surface area (Å²) in [5.41, 5.74) is -1.93. The summed E-state index contributed by atoms with van der Waals surface area (Å²) in [6.07, 6.45) is -4.15. The lowest BCUT2D eigenvalue weighted by Crippen LogP contribution is -2.51. The molecule has 0 aliphatic carbocycles. The quantitative estimate of drug-likeness (QED) is 0.398. The lowest BCUT2D eigenvalue weighted by Gasteiger charge is -2.48. The number of halogens is 4. The summed E-state index contributed by atoms with van der Waals surface area (Å²) < 4.78 is 67.9. The van der Waals surface area contributed by atoms with Crippen molar-refractivity contribution in [3.8, 4) is 6.07 Å². The summed E-state index contributed by atoms with van der Waals surface area (Å²) in [6, 6.07) is 2.17. The topological polar surface area (TPSA) is 42.2 Å². The molecule has 0 N–H and O–H groups in total. The van der Waals surface area contributed by atoms with Crippen molar-refractivity contribution < 1.29 is 27.0 Å². The van der Waals surface area contributed by atoms with Gasteiger partial charge in [-0.3, -0.25) is 0 Å². The Labute approximate surface area is 178 Å².